The Hall–Kier alpha value is -2.37. The van der Waals surface area contributed by atoms with Gasteiger partial charge in [0, 0.05) is 25.2 Å². The topological polar surface area (TPSA) is 78.5 Å². The van der Waals surface area contributed by atoms with E-state index in [0.29, 0.717) is 18.7 Å². The largest absolute Gasteiger partial charge is 0.353 e. The Kier molecular flexibility index (Phi) is 3.14. The fraction of sp³-hybridized carbons (Fsp3) is 0.357. The summed E-state index contributed by atoms with van der Waals surface area (Å²) in [7, 11) is 0. The number of piperazine rings is 1. The Morgan fingerprint density at radius 1 is 1.20 bits per heavy atom. The van der Waals surface area contributed by atoms with Gasteiger partial charge in [0.05, 0.1) is 12.5 Å². The molecule has 1 unspecified atom stereocenters. The van der Waals surface area contributed by atoms with Crippen molar-refractivity contribution >= 4 is 17.7 Å². The predicted octanol–water partition coefficient (Wildman–Crippen LogP) is -0.528. The van der Waals surface area contributed by atoms with E-state index in [1.165, 1.54) is 0 Å². The van der Waals surface area contributed by atoms with Crippen molar-refractivity contribution in [2.24, 2.45) is 0 Å². The number of nitrogens with zero attached hydrogens (tertiary/aromatic N) is 1. The molecular weight excluding hydrogens is 258 g/mol. The van der Waals surface area contributed by atoms with Crippen molar-refractivity contribution in [1.29, 1.82) is 0 Å². The van der Waals surface area contributed by atoms with E-state index in [0.717, 1.165) is 5.56 Å². The molecule has 3 amide bonds. The van der Waals surface area contributed by atoms with Crippen LogP contribution in [0.4, 0.5) is 0 Å². The average molecular weight is 273 g/mol. The minimum absolute atomic E-state index is 0.0887. The molecule has 0 aliphatic carbocycles. The molecule has 104 valence electrons. The van der Waals surface area contributed by atoms with E-state index in [-0.39, 0.29) is 30.8 Å². The van der Waals surface area contributed by atoms with Gasteiger partial charge in [-0.05, 0) is 11.6 Å². The SMILES string of the molecule is O=C1CN(C(=O)C2CNC(=O)c3ccccc32)CCN1. The number of carbonyl (C=O) groups is 3. The van der Waals surface area contributed by atoms with Crippen LogP contribution in [0.3, 0.4) is 0 Å². The normalized spacial score (nSPS) is 21.8. The van der Waals surface area contributed by atoms with Gasteiger partial charge in [-0.1, -0.05) is 18.2 Å². The van der Waals surface area contributed by atoms with Crippen molar-refractivity contribution in [3.8, 4) is 0 Å². The minimum Gasteiger partial charge on any atom is -0.353 e. The molecule has 6 nitrogen and oxygen atoms in total. The molecule has 2 aliphatic rings. The zero-order valence-corrected chi connectivity index (χ0v) is 10.9. The molecule has 20 heavy (non-hydrogen) atoms. The van der Waals surface area contributed by atoms with Crippen molar-refractivity contribution in [3.05, 3.63) is 35.4 Å². The number of hydrogen-bond donors (Lipinski definition) is 2. The van der Waals surface area contributed by atoms with E-state index in [1.54, 1.807) is 23.1 Å². The molecule has 2 N–H and O–H groups in total. The first kappa shape index (κ1) is 12.7. The second-order valence-electron chi connectivity index (χ2n) is 4.96. The third-order valence-electron chi connectivity index (χ3n) is 3.70. The smallest absolute Gasteiger partial charge is 0.251 e. The van der Waals surface area contributed by atoms with Crippen LogP contribution < -0.4 is 10.6 Å². The second kappa shape index (κ2) is 4.96. The molecule has 0 bridgehead atoms. The number of fused-ring (bicyclic) bond motifs is 1. The van der Waals surface area contributed by atoms with Gasteiger partial charge in [0.2, 0.25) is 11.8 Å². The highest BCUT2D eigenvalue weighted by atomic mass is 16.2. The molecule has 3 rings (SSSR count). The van der Waals surface area contributed by atoms with E-state index >= 15 is 0 Å². The van der Waals surface area contributed by atoms with Gasteiger partial charge in [0.15, 0.2) is 0 Å². The molecule has 0 saturated carbocycles. The maximum absolute atomic E-state index is 12.6. The number of rotatable bonds is 1. The predicted molar refractivity (Wildman–Crippen MR) is 71.1 cm³/mol. The number of hydrogen-bond acceptors (Lipinski definition) is 3. The van der Waals surface area contributed by atoms with Gasteiger partial charge in [-0.3, -0.25) is 14.4 Å². The number of nitrogens with one attached hydrogen (secondary N) is 2. The fourth-order valence-corrected chi connectivity index (χ4v) is 2.68. The van der Waals surface area contributed by atoms with Gasteiger partial charge >= 0.3 is 0 Å². The lowest BCUT2D eigenvalue weighted by Crippen LogP contribution is -2.53. The molecule has 1 saturated heterocycles. The Labute approximate surface area is 116 Å². The summed E-state index contributed by atoms with van der Waals surface area (Å²) in [6.45, 7) is 1.36. The number of carbonyl (C=O) groups excluding carboxylic acids is 3. The summed E-state index contributed by atoms with van der Waals surface area (Å²) in [5.41, 5.74) is 1.28. The maximum Gasteiger partial charge on any atom is 0.251 e. The van der Waals surface area contributed by atoms with E-state index in [1.807, 2.05) is 6.07 Å². The van der Waals surface area contributed by atoms with Crippen molar-refractivity contribution in [2.45, 2.75) is 5.92 Å². The Morgan fingerprint density at radius 3 is 2.80 bits per heavy atom. The summed E-state index contributed by atoms with van der Waals surface area (Å²) in [5, 5.41) is 5.43. The van der Waals surface area contributed by atoms with Crippen LogP contribution in [0.15, 0.2) is 24.3 Å². The van der Waals surface area contributed by atoms with E-state index in [4.69, 9.17) is 0 Å². The van der Waals surface area contributed by atoms with Crippen LogP contribution in [0, 0.1) is 0 Å². The first-order chi connectivity index (χ1) is 9.66. The van der Waals surface area contributed by atoms with Crippen LogP contribution in [0.2, 0.25) is 0 Å². The molecule has 1 aromatic carbocycles. The summed E-state index contributed by atoms with van der Waals surface area (Å²) in [4.78, 5) is 37.3. The summed E-state index contributed by atoms with van der Waals surface area (Å²) >= 11 is 0. The van der Waals surface area contributed by atoms with Crippen LogP contribution in [0.25, 0.3) is 0 Å². The minimum atomic E-state index is -0.408. The highest BCUT2D eigenvalue weighted by molar-refractivity contribution is 6.01. The molecule has 0 radical (unpaired) electrons. The van der Waals surface area contributed by atoms with Crippen molar-refractivity contribution in [3.63, 3.8) is 0 Å². The first-order valence-corrected chi connectivity index (χ1v) is 6.59. The summed E-state index contributed by atoms with van der Waals surface area (Å²) in [6.07, 6.45) is 0. The lowest BCUT2D eigenvalue weighted by atomic mass is 9.89. The molecule has 0 aromatic heterocycles. The maximum atomic E-state index is 12.6. The highest BCUT2D eigenvalue weighted by Gasteiger charge is 2.34. The van der Waals surface area contributed by atoms with Crippen LogP contribution in [-0.2, 0) is 9.59 Å². The van der Waals surface area contributed by atoms with Gasteiger partial charge < -0.3 is 15.5 Å². The second-order valence-corrected chi connectivity index (χ2v) is 4.96. The summed E-state index contributed by atoms with van der Waals surface area (Å²) in [5.74, 6) is -0.805. The molecule has 1 aromatic rings. The van der Waals surface area contributed by atoms with E-state index in [9.17, 15) is 14.4 Å². The Balaban J connectivity index is 1.87. The third kappa shape index (κ3) is 2.13. The first-order valence-electron chi connectivity index (χ1n) is 6.59. The fourth-order valence-electron chi connectivity index (χ4n) is 2.68. The van der Waals surface area contributed by atoms with Crippen molar-refractivity contribution in [2.75, 3.05) is 26.2 Å². The zero-order valence-electron chi connectivity index (χ0n) is 10.9. The van der Waals surface area contributed by atoms with Crippen LogP contribution in [0.1, 0.15) is 21.8 Å². The molecule has 1 fully saturated rings. The van der Waals surface area contributed by atoms with Gasteiger partial charge in [-0.2, -0.15) is 0 Å². The zero-order chi connectivity index (χ0) is 14.1. The van der Waals surface area contributed by atoms with Crippen molar-refractivity contribution < 1.29 is 14.4 Å². The van der Waals surface area contributed by atoms with Gasteiger partial charge in [0.25, 0.3) is 5.91 Å². The van der Waals surface area contributed by atoms with Crippen molar-refractivity contribution in [1.82, 2.24) is 15.5 Å². The summed E-state index contributed by atoms with van der Waals surface area (Å²) in [6, 6.07) is 7.12. The van der Waals surface area contributed by atoms with Gasteiger partial charge in [-0.25, -0.2) is 0 Å². The molecule has 1 atom stereocenters. The van der Waals surface area contributed by atoms with Gasteiger partial charge in [0.1, 0.15) is 0 Å². The van der Waals surface area contributed by atoms with Crippen LogP contribution >= 0.6 is 0 Å². The monoisotopic (exact) mass is 273 g/mol. The molecule has 2 aliphatic heterocycles. The Bertz CT molecular complexity index is 585. The van der Waals surface area contributed by atoms with Crippen LogP contribution in [0.5, 0.6) is 0 Å². The quantitative estimate of drug-likeness (QED) is 0.722. The van der Waals surface area contributed by atoms with Crippen LogP contribution in [-0.4, -0.2) is 48.8 Å². The third-order valence-corrected chi connectivity index (χ3v) is 3.70. The summed E-state index contributed by atoms with van der Waals surface area (Å²) < 4.78 is 0. The Morgan fingerprint density at radius 2 is 2.00 bits per heavy atom. The molecule has 2 heterocycles. The molecule has 0 spiro atoms. The number of benzene rings is 1. The number of amides is 3. The lowest BCUT2D eigenvalue weighted by Gasteiger charge is -2.32. The molecule has 6 heteroatoms. The van der Waals surface area contributed by atoms with E-state index in [2.05, 4.69) is 10.6 Å². The standard InChI is InChI=1S/C14H15N3O3/c18-12-8-17(6-5-15-12)14(20)11-7-16-13(19)10-4-2-1-3-9(10)11/h1-4,11H,5-8H2,(H,15,18)(H,16,19). The van der Waals surface area contributed by atoms with Gasteiger partial charge in [-0.15, -0.1) is 0 Å². The lowest BCUT2D eigenvalue weighted by molar-refractivity contribution is -0.139. The van der Waals surface area contributed by atoms with E-state index < -0.39 is 5.92 Å². The molecular formula is C14H15N3O3. The highest BCUT2D eigenvalue weighted by Crippen LogP contribution is 2.25. The average Bonchev–Trinajstić information content (AvgIpc) is 2.47.